The second-order valence-corrected chi connectivity index (χ2v) is 11.2. The second kappa shape index (κ2) is 18.3. The van der Waals surface area contributed by atoms with Crippen LogP contribution in [0.25, 0.3) is 0 Å². The average molecular weight is 453 g/mol. The minimum absolute atomic E-state index is 0.371. The molecule has 0 aliphatic rings. The number of thioether (sulfide) groups is 2. The maximum atomic E-state index is 10.8. The summed E-state index contributed by atoms with van der Waals surface area (Å²) in [6, 6.07) is 4.51. The van der Waals surface area contributed by atoms with Crippen LogP contribution >= 0.6 is 23.5 Å². The molecule has 1 aromatic rings. The van der Waals surface area contributed by atoms with E-state index in [1.165, 1.54) is 94.1 Å². The number of unbranched alkanes of at least 4 members (excludes halogenated alkanes) is 10. The first-order valence-corrected chi connectivity index (χ1v) is 14.9. The molecule has 0 unspecified atom stereocenters. The largest absolute Gasteiger partial charge is 0.507 e. The lowest BCUT2D eigenvalue weighted by Crippen LogP contribution is -1.97. The van der Waals surface area contributed by atoms with E-state index in [0.29, 0.717) is 11.7 Å². The minimum atomic E-state index is 0.371. The minimum Gasteiger partial charge on any atom is -0.507 e. The van der Waals surface area contributed by atoms with E-state index in [2.05, 4.69) is 51.6 Å². The Morgan fingerprint density at radius 1 is 0.700 bits per heavy atom. The summed E-state index contributed by atoms with van der Waals surface area (Å²) in [5, 5.41) is 10.8. The highest BCUT2D eigenvalue weighted by atomic mass is 32.2. The Hall–Kier alpha value is -0.280. The fourth-order valence-corrected chi connectivity index (χ4v) is 5.71. The van der Waals surface area contributed by atoms with Crippen molar-refractivity contribution in [2.24, 2.45) is 0 Å². The second-order valence-electron chi connectivity index (χ2n) is 8.99. The van der Waals surface area contributed by atoms with E-state index in [0.717, 1.165) is 22.6 Å². The first-order chi connectivity index (χ1) is 14.6. The Morgan fingerprint density at radius 2 is 1.20 bits per heavy atom. The topological polar surface area (TPSA) is 20.2 Å². The van der Waals surface area contributed by atoms with Crippen molar-refractivity contribution in [2.75, 3.05) is 11.5 Å². The maximum Gasteiger partial charge on any atom is 0.123 e. The van der Waals surface area contributed by atoms with Crippen LogP contribution in [0, 0.1) is 0 Å². The lowest BCUT2D eigenvalue weighted by Gasteiger charge is -2.15. The molecule has 1 rings (SSSR count). The summed E-state index contributed by atoms with van der Waals surface area (Å²) in [7, 11) is 0. The number of hydrogen-bond acceptors (Lipinski definition) is 3. The first kappa shape index (κ1) is 27.8. The number of phenolic OH excluding ortho intramolecular Hbond substituents is 1. The molecule has 174 valence electrons. The van der Waals surface area contributed by atoms with Crippen molar-refractivity contribution in [3.05, 3.63) is 28.8 Å². The lowest BCUT2D eigenvalue weighted by atomic mass is 9.97. The molecule has 1 aromatic carbocycles. The summed E-state index contributed by atoms with van der Waals surface area (Å²) in [5.74, 6) is 5.40. The Labute approximate surface area is 196 Å². The molecule has 0 saturated carbocycles. The molecule has 0 aliphatic heterocycles. The summed E-state index contributed by atoms with van der Waals surface area (Å²) in [4.78, 5) is 0. The zero-order valence-corrected chi connectivity index (χ0v) is 21.9. The predicted octanol–water partition coefficient (Wildman–Crippen LogP) is 9.70. The third kappa shape index (κ3) is 12.5. The monoisotopic (exact) mass is 452 g/mol. The van der Waals surface area contributed by atoms with E-state index < -0.39 is 0 Å². The highest BCUT2D eigenvalue weighted by Gasteiger charge is 2.13. The molecular weight excluding hydrogens is 404 g/mol. The number of benzene rings is 1. The molecule has 0 amide bonds. The molecule has 30 heavy (non-hydrogen) atoms. The lowest BCUT2D eigenvalue weighted by molar-refractivity contribution is 0.460. The fourth-order valence-electron chi connectivity index (χ4n) is 3.76. The molecule has 0 spiro atoms. The van der Waals surface area contributed by atoms with Gasteiger partial charge < -0.3 is 5.11 Å². The van der Waals surface area contributed by atoms with Gasteiger partial charge in [-0.05, 0) is 41.4 Å². The van der Waals surface area contributed by atoms with Gasteiger partial charge in [0.2, 0.25) is 0 Å². The number of phenols is 1. The SMILES string of the molecule is CCCCCCCCSCc1cc(CSCCCCCCCC)c(O)c(C(C)C)c1. The van der Waals surface area contributed by atoms with Crippen molar-refractivity contribution in [3.8, 4) is 5.75 Å². The van der Waals surface area contributed by atoms with Crippen LogP contribution in [-0.4, -0.2) is 16.6 Å². The van der Waals surface area contributed by atoms with E-state index in [1.807, 2.05) is 11.8 Å². The van der Waals surface area contributed by atoms with E-state index >= 15 is 0 Å². The normalized spacial score (nSPS) is 11.5. The molecule has 3 heteroatoms. The smallest absolute Gasteiger partial charge is 0.123 e. The molecular formula is C27H48OS2. The molecule has 1 nitrogen and oxygen atoms in total. The Morgan fingerprint density at radius 3 is 1.73 bits per heavy atom. The zero-order valence-electron chi connectivity index (χ0n) is 20.3. The van der Waals surface area contributed by atoms with E-state index in [4.69, 9.17) is 0 Å². The van der Waals surface area contributed by atoms with Crippen LogP contribution in [0.5, 0.6) is 5.75 Å². The molecule has 0 aliphatic carbocycles. The summed E-state index contributed by atoms with van der Waals surface area (Å²) < 4.78 is 0. The van der Waals surface area contributed by atoms with E-state index in [1.54, 1.807) is 0 Å². The van der Waals surface area contributed by atoms with Gasteiger partial charge in [0.1, 0.15) is 5.75 Å². The van der Waals surface area contributed by atoms with Crippen LogP contribution in [0.4, 0.5) is 0 Å². The van der Waals surface area contributed by atoms with Gasteiger partial charge in [-0.2, -0.15) is 23.5 Å². The maximum absolute atomic E-state index is 10.8. The van der Waals surface area contributed by atoms with Gasteiger partial charge in [-0.3, -0.25) is 0 Å². The average Bonchev–Trinajstić information content (AvgIpc) is 2.73. The molecule has 1 N–H and O–H groups in total. The summed E-state index contributed by atoms with van der Waals surface area (Å²) >= 11 is 4.05. The summed E-state index contributed by atoms with van der Waals surface area (Å²) in [5.41, 5.74) is 3.66. The van der Waals surface area contributed by atoms with E-state index in [-0.39, 0.29) is 0 Å². The highest BCUT2D eigenvalue weighted by molar-refractivity contribution is 7.98. The molecule has 0 bridgehead atoms. The van der Waals surface area contributed by atoms with Crippen molar-refractivity contribution in [3.63, 3.8) is 0 Å². The number of hydrogen-bond donors (Lipinski definition) is 1. The Balaban J connectivity index is 2.42. The van der Waals surface area contributed by atoms with Crippen LogP contribution in [0.3, 0.4) is 0 Å². The van der Waals surface area contributed by atoms with Gasteiger partial charge in [0.25, 0.3) is 0 Å². The van der Waals surface area contributed by atoms with Crippen molar-refractivity contribution in [1.82, 2.24) is 0 Å². The molecule has 0 heterocycles. The van der Waals surface area contributed by atoms with Gasteiger partial charge in [-0.25, -0.2) is 0 Å². The van der Waals surface area contributed by atoms with Crippen molar-refractivity contribution in [1.29, 1.82) is 0 Å². The van der Waals surface area contributed by atoms with Gasteiger partial charge in [0, 0.05) is 17.1 Å². The van der Waals surface area contributed by atoms with Gasteiger partial charge in [0.05, 0.1) is 0 Å². The Kier molecular flexibility index (Phi) is 16.9. The summed E-state index contributed by atoms with van der Waals surface area (Å²) in [6.45, 7) is 8.93. The van der Waals surface area contributed by atoms with Crippen molar-refractivity contribution in [2.45, 2.75) is 122 Å². The van der Waals surface area contributed by atoms with Gasteiger partial charge in [0.15, 0.2) is 0 Å². The van der Waals surface area contributed by atoms with Crippen molar-refractivity contribution < 1.29 is 5.11 Å². The molecule has 0 fully saturated rings. The standard InChI is InChI=1S/C27H48OS2/c1-5-7-9-11-13-15-17-29-21-24-19-25(27(28)26(20-24)23(3)4)22-30-18-16-14-12-10-8-6-2/h19-20,23,28H,5-18,21-22H2,1-4H3. The van der Waals surface area contributed by atoms with Crippen LogP contribution in [-0.2, 0) is 11.5 Å². The van der Waals surface area contributed by atoms with Gasteiger partial charge in [-0.15, -0.1) is 0 Å². The predicted molar refractivity (Wildman–Crippen MR) is 141 cm³/mol. The van der Waals surface area contributed by atoms with E-state index in [9.17, 15) is 5.11 Å². The van der Waals surface area contributed by atoms with Gasteiger partial charge in [-0.1, -0.05) is 104 Å². The molecule has 0 aromatic heterocycles. The quantitative estimate of drug-likeness (QED) is 0.211. The van der Waals surface area contributed by atoms with Crippen LogP contribution in [0.2, 0.25) is 0 Å². The zero-order chi connectivity index (χ0) is 22.0. The summed E-state index contributed by atoms with van der Waals surface area (Å²) in [6.07, 6.45) is 16.3. The Bertz CT molecular complexity index is 542. The van der Waals surface area contributed by atoms with Crippen LogP contribution in [0.1, 0.15) is 127 Å². The third-order valence-electron chi connectivity index (χ3n) is 5.71. The van der Waals surface area contributed by atoms with Crippen LogP contribution < -0.4 is 0 Å². The number of rotatable bonds is 19. The van der Waals surface area contributed by atoms with Gasteiger partial charge >= 0.3 is 0 Å². The number of aromatic hydroxyl groups is 1. The highest BCUT2D eigenvalue weighted by Crippen LogP contribution is 2.34. The molecule has 0 saturated heterocycles. The molecule has 0 radical (unpaired) electrons. The molecule has 0 atom stereocenters. The third-order valence-corrected chi connectivity index (χ3v) is 7.92. The fraction of sp³-hybridized carbons (Fsp3) is 0.778. The van der Waals surface area contributed by atoms with Crippen LogP contribution in [0.15, 0.2) is 12.1 Å². The van der Waals surface area contributed by atoms with Crippen molar-refractivity contribution >= 4 is 23.5 Å². The first-order valence-electron chi connectivity index (χ1n) is 12.6.